The van der Waals surface area contributed by atoms with Crippen LogP contribution in [0.1, 0.15) is 24.2 Å². The summed E-state index contributed by atoms with van der Waals surface area (Å²) in [5.41, 5.74) is -0.199. The first-order valence-electron chi connectivity index (χ1n) is 4.95. The third kappa shape index (κ3) is 2.50. The van der Waals surface area contributed by atoms with Crippen LogP contribution in [0.3, 0.4) is 0 Å². The molecule has 2 nitrogen and oxygen atoms in total. The van der Waals surface area contributed by atoms with Gasteiger partial charge in [-0.15, -0.1) is 0 Å². The number of halogens is 3. The Morgan fingerprint density at radius 3 is 2.31 bits per heavy atom. The van der Waals surface area contributed by atoms with Crippen LogP contribution in [0.5, 0.6) is 0 Å². The molecular weight excluding hydrogens is 236 g/mol. The summed E-state index contributed by atoms with van der Waals surface area (Å²) in [6, 6.07) is 1.64. The molecule has 88 valence electrons. The predicted molar refractivity (Wildman–Crippen MR) is 58.6 cm³/mol. The largest absolute Gasteiger partial charge is 0.339 e. The quantitative estimate of drug-likeness (QED) is 0.752. The zero-order valence-electron chi connectivity index (χ0n) is 9.06. The van der Waals surface area contributed by atoms with E-state index in [1.165, 1.54) is 4.90 Å². The van der Waals surface area contributed by atoms with Gasteiger partial charge < -0.3 is 4.90 Å². The Kier molecular flexibility index (Phi) is 4.24. The summed E-state index contributed by atoms with van der Waals surface area (Å²) in [5.74, 6) is -2.24. The lowest BCUT2D eigenvalue weighted by Crippen LogP contribution is -2.31. The fourth-order valence-corrected chi connectivity index (χ4v) is 1.53. The van der Waals surface area contributed by atoms with Gasteiger partial charge in [0.05, 0.1) is 10.6 Å². The molecule has 0 saturated carbocycles. The molecule has 5 heteroatoms. The molecule has 0 unspecified atom stereocenters. The van der Waals surface area contributed by atoms with Crippen molar-refractivity contribution in [3.63, 3.8) is 0 Å². The van der Waals surface area contributed by atoms with Crippen LogP contribution >= 0.6 is 11.6 Å². The van der Waals surface area contributed by atoms with Crippen molar-refractivity contribution in [1.29, 1.82) is 0 Å². The molecule has 0 aromatic heterocycles. The second-order valence-corrected chi connectivity index (χ2v) is 3.63. The van der Waals surface area contributed by atoms with E-state index in [-0.39, 0.29) is 10.6 Å². The van der Waals surface area contributed by atoms with E-state index in [2.05, 4.69) is 0 Å². The van der Waals surface area contributed by atoms with Crippen molar-refractivity contribution < 1.29 is 13.6 Å². The molecule has 16 heavy (non-hydrogen) atoms. The van der Waals surface area contributed by atoms with Gasteiger partial charge in [-0.1, -0.05) is 11.6 Å². The molecule has 0 spiro atoms. The first-order valence-corrected chi connectivity index (χ1v) is 5.32. The molecule has 0 aliphatic rings. The molecule has 1 aromatic rings. The molecule has 0 N–H and O–H groups in total. The minimum atomic E-state index is -0.890. The summed E-state index contributed by atoms with van der Waals surface area (Å²) in [6.07, 6.45) is 0. The van der Waals surface area contributed by atoms with Gasteiger partial charge in [0.2, 0.25) is 0 Å². The highest BCUT2D eigenvalue weighted by atomic mass is 35.5. The molecule has 0 fully saturated rings. The van der Waals surface area contributed by atoms with Crippen LogP contribution in [0.2, 0.25) is 5.02 Å². The van der Waals surface area contributed by atoms with Crippen LogP contribution in [-0.4, -0.2) is 23.9 Å². The zero-order valence-corrected chi connectivity index (χ0v) is 9.81. The molecule has 0 aliphatic heterocycles. The Balaban J connectivity index is 3.13. The van der Waals surface area contributed by atoms with Crippen LogP contribution in [0.15, 0.2) is 12.1 Å². The molecule has 0 saturated heterocycles. The molecule has 0 heterocycles. The lowest BCUT2D eigenvalue weighted by Gasteiger charge is -2.19. The average molecular weight is 248 g/mol. The molecule has 1 amide bonds. The zero-order chi connectivity index (χ0) is 12.3. The maximum Gasteiger partial charge on any atom is 0.256 e. The van der Waals surface area contributed by atoms with E-state index >= 15 is 0 Å². The van der Waals surface area contributed by atoms with Crippen molar-refractivity contribution in [2.75, 3.05) is 13.1 Å². The molecule has 0 radical (unpaired) electrons. The number of nitrogens with zero attached hydrogens (tertiary/aromatic N) is 1. The second kappa shape index (κ2) is 5.25. The summed E-state index contributed by atoms with van der Waals surface area (Å²) < 4.78 is 26.3. The fraction of sp³-hybridized carbons (Fsp3) is 0.364. The van der Waals surface area contributed by atoms with Gasteiger partial charge in [-0.05, 0) is 19.9 Å². The lowest BCUT2D eigenvalue weighted by atomic mass is 10.1. The highest BCUT2D eigenvalue weighted by Crippen LogP contribution is 2.20. The predicted octanol–water partition coefficient (Wildman–Crippen LogP) is 3.10. The molecule has 1 aromatic carbocycles. The van der Waals surface area contributed by atoms with Gasteiger partial charge in [0, 0.05) is 19.2 Å². The van der Waals surface area contributed by atoms with Gasteiger partial charge in [-0.3, -0.25) is 4.79 Å². The third-order valence-corrected chi connectivity index (χ3v) is 2.58. The van der Waals surface area contributed by atoms with Gasteiger partial charge in [-0.2, -0.15) is 0 Å². The van der Waals surface area contributed by atoms with Crippen molar-refractivity contribution in [2.24, 2.45) is 0 Å². The number of rotatable bonds is 3. The van der Waals surface area contributed by atoms with E-state index in [4.69, 9.17) is 11.6 Å². The monoisotopic (exact) mass is 247 g/mol. The van der Waals surface area contributed by atoms with Crippen molar-refractivity contribution in [3.05, 3.63) is 34.4 Å². The molecule has 0 atom stereocenters. The highest BCUT2D eigenvalue weighted by molar-refractivity contribution is 6.31. The number of hydrogen-bond donors (Lipinski definition) is 0. The Bertz CT molecular complexity index is 405. The summed E-state index contributed by atoms with van der Waals surface area (Å²) in [5, 5.41) is -0.253. The minimum absolute atomic E-state index is 0.199. The van der Waals surface area contributed by atoms with E-state index in [1.807, 2.05) is 0 Å². The number of carbonyl (C=O) groups is 1. The Morgan fingerprint density at radius 2 is 1.81 bits per heavy atom. The fourth-order valence-electron chi connectivity index (χ4n) is 1.37. The maximum absolute atomic E-state index is 13.4. The van der Waals surface area contributed by atoms with Crippen molar-refractivity contribution in [3.8, 4) is 0 Å². The van der Waals surface area contributed by atoms with E-state index in [9.17, 15) is 13.6 Å². The van der Waals surface area contributed by atoms with Crippen molar-refractivity contribution in [2.45, 2.75) is 13.8 Å². The Labute approximate surface area is 97.8 Å². The van der Waals surface area contributed by atoms with E-state index in [1.54, 1.807) is 13.8 Å². The van der Waals surface area contributed by atoms with Gasteiger partial charge in [0.15, 0.2) is 0 Å². The first kappa shape index (κ1) is 12.9. The normalized spacial score (nSPS) is 10.3. The molecule has 1 rings (SSSR count). The smallest absolute Gasteiger partial charge is 0.256 e. The highest BCUT2D eigenvalue weighted by Gasteiger charge is 2.19. The number of amides is 1. The third-order valence-electron chi connectivity index (χ3n) is 2.29. The molecule has 0 aliphatic carbocycles. The van der Waals surface area contributed by atoms with Crippen LogP contribution < -0.4 is 0 Å². The van der Waals surface area contributed by atoms with Crippen molar-refractivity contribution >= 4 is 17.5 Å². The SMILES string of the molecule is CCN(CC)C(=O)c1cc(Cl)c(F)cc1F. The molecule has 0 bridgehead atoms. The topological polar surface area (TPSA) is 20.3 Å². The van der Waals surface area contributed by atoms with E-state index in [0.29, 0.717) is 19.2 Å². The van der Waals surface area contributed by atoms with Gasteiger partial charge in [0.1, 0.15) is 11.6 Å². The van der Waals surface area contributed by atoms with Crippen LogP contribution in [0.4, 0.5) is 8.78 Å². The van der Waals surface area contributed by atoms with Crippen molar-refractivity contribution in [1.82, 2.24) is 4.90 Å². The lowest BCUT2D eigenvalue weighted by molar-refractivity contribution is 0.0768. The second-order valence-electron chi connectivity index (χ2n) is 3.22. The van der Waals surface area contributed by atoms with Crippen LogP contribution in [0, 0.1) is 11.6 Å². The summed E-state index contributed by atoms with van der Waals surface area (Å²) in [6.45, 7) is 4.49. The van der Waals surface area contributed by atoms with Gasteiger partial charge in [-0.25, -0.2) is 8.78 Å². The standard InChI is InChI=1S/C11H12ClF2NO/c1-3-15(4-2)11(16)7-5-8(12)10(14)6-9(7)13/h5-6H,3-4H2,1-2H3. The number of benzene rings is 1. The first-order chi connectivity index (χ1) is 7.51. The summed E-state index contributed by atoms with van der Waals surface area (Å²) in [4.78, 5) is 13.2. The minimum Gasteiger partial charge on any atom is -0.339 e. The van der Waals surface area contributed by atoms with Crippen LogP contribution in [0.25, 0.3) is 0 Å². The Hall–Kier alpha value is -1.16. The average Bonchev–Trinajstić information content (AvgIpc) is 2.25. The molecular formula is C11H12ClF2NO. The summed E-state index contributed by atoms with van der Waals surface area (Å²) >= 11 is 5.51. The number of hydrogen-bond acceptors (Lipinski definition) is 1. The van der Waals surface area contributed by atoms with E-state index < -0.39 is 17.5 Å². The number of carbonyl (C=O) groups excluding carboxylic acids is 1. The van der Waals surface area contributed by atoms with Gasteiger partial charge >= 0.3 is 0 Å². The van der Waals surface area contributed by atoms with E-state index in [0.717, 1.165) is 6.07 Å². The van der Waals surface area contributed by atoms with Gasteiger partial charge in [0.25, 0.3) is 5.91 Å². The van der Waals surface area contributed by atoms with Crippen LogP contribution in [-0.2, 0) is 0 Å². The maximum atomic E-state index is 13.4. The summed E-state index contributed by atoms with van der Waals surface area (Å²) in [7, 11) is 0. The Morgan fingerprint density at radius 1 is 1.25 bits per heavy atom.